The van der Waals surface area contributed by atoms with E-state index in [2.05, 4.69) is 0 Å². The highest BCUT2D eigenvalue weighted by molar-refractivity contribution is 7.91. The van der Waals surface area contributed by atoms with Crippen LogP contribution in [0.3, 0.4) is 0 Å². The molecule has 6 nitrogen and oxygen atoms in total. The van der Waals surface area contributed by atoms with Gasteiger partial charge in [-0.1, -0.05) is 23.2 Å². The van der Waals surface area contributed by atoms with Crippen LogP contribution < -0.4 is 11.3 Å². The summed E-state index contributed by atoms with van der Waals surface area (Å²) in [6.07, 6.45) is 0. The fourth-order valence-electron chi connectivity index (χ4n) is 2.64. The Morgan fingerprint density at radius 2 is 1.07 bits per heavy atom. The smallest absolute Gasteiger partial charge is 0.355 e. The Morgan fingerprint density at radius 3 is 1.48 bits per heavy atom. The van der Waals surface area contributed by atoms with Gasteiger partial charge in [0.05, 0.1) is 0 Å². The zero-order chi connectivity index (χ0) is 19.3. The first-order chi connectivity index (χ1) is 12.8. The number of hydrogen-bond donors (Lipinski definition) is 0. The number of fused-ring (bicyclic) bond motifs is 2. The van der Waals surface area contributed by atoms with Crippen molar-refractivity contribution in [3.05, 3.63) is 79.4 Å². The summed E-state index contributed by atoms with van der Waals surface area (Å²) in [5.74, 6) is 0. The minimum Gasteiger partial charge on any atom is -0.422 e. The molecule has 4 rings (SSSR count). The highest BCUT2D eigenvalue weighted by Gasteiger charge is 2.27. The van der Waals surface area contributed by atoms with E-state index in [4.69, 9.17) is 32.0 Å². The summed E-state index contributed by atoms with van der Waals surface area (Å²) < 4.78 is 36.0. The molecule has 0 saturated heterocycles. The Kier molecular flexibility index (Phi) is 4.10. The van der Waals surface area contributed by atoms with Crippen molar-refractivity contribution in [1.29, 1.82) is 0 Å². The van der Waals surface area contributed by atoms with Crippen LogP contribution in [-0.4, -0.2) is 8.42 Å². The van der Waals surface area contributed by atoms with Crippen LogP contribution in [0.25, 0.3) is 21.9 Å². The van der Waals surface area contributed by atoms with Crippen LogP contribution in [0.1, 0.15) is 0 Å². The quantitative estimate of drug-likeness (QED) is 0.452. The minimum absolute atomic E-state index is 0.167. The molecule has 0 bridgehead atoms. The first kappa shape index (κ1) is 17.8. The topological polar surface area (TPSA) is 94.6 Å². The van der Waals surface area contributed by atoms with E-state index in [1.807, 2.05) is 0 Å². The zero-order valence-corrected chi connectivity index (χ0v) is 15.6. The Labute approximate surface area is 161 Å². The normalized spacial score (nSPS) is 11.9. The molecule has 2 aromatic heterocycles. The van der Waals surface area contributed by atoms with Crippen LogP contribution in [0, 0.1) is 0 Å². The maximum atomic E-state index is 12.9. The highest BCUT2D eigenvalue weighted by Crippen LogP contribution is 2.25. The number of hydrogen-bond acceptors (Lipinski definition) is 6. The lowest BCUT2D eigenvalue weighted by Gasteiger charge is -2.05. The lowest BCUT2D eigenvalue weighted by molar-refractivity contribution is 0.521. The molecule has 0 aliphatic carbocycles. The van der Waals surface area contributed by atoms with Gasteiger partial charge < -0.3 is 8.83 Å². The standard InChI is InChI=1S/C18H8Cl2O6S/c19-11-1-3-13-9(5-11)7-15(17(21)25-13)27(23,24)16-8-10-6-12(20)2-4-14(10)26-18(16)22/h1-8H. The number of sulfone groups is 1. The fraction of sp³-hybridized carbons (Fsp3) is 0. The van der Waals surface area contributed by atoms with Gasteiger partial charge in [0.2, 0.25) is 9.84 Å². The average Bonchev–Trinajstić information content (AvgIpc) is 2.61. The van der Waals surface area contributed by atoms with Gasteiger partial charge in [-0.25, -0.2) is 18.0 Å². The third kappa shape index (κ3) is 3.03. The summed E-state index contributed by atoms with van der Waals surface area (Å²) in [6.45, 7) is 0. The first-order valence-electron chi connectivity index (χ1n) is 7.48. The lowest BCUT2D eigenvalue weighted by Crippen LogP contribution is -2.20. The second-order valence-corrected chi connectivity index (χ2v) is 8.42. The van der Waals surface area contributed by atoms with Crippen molar-refractivity contribution in [2.24, 2.45) is 0 Å². The summed E-state index contributed by atoms with van der Waals surface area (Å²) in [6, 6.07) is 11.0. The molecule has 136 valence electrons. The predicted octanol–water partition coefficient (Wildman–Crippen LogP) is 4.04. The molecule has 0 saturated carbocycles. The molecule has 2 aromatic carbocycles. The molecule has 2 heterocycles. The van der Waals surface area contributed by atoms with Crippen molar-refractivity contribution in [2.45, 2.75) is 9.79 Å². The van der Waals surface area contributed by atoms with E-state index in [-0.39, 0.29) is 11.2 Å². The summed E-state index contributed by atoms with van der Waals surface area (Å²) in [7, 11) is -4.51. The van der Waals surface area contributed by atoms with E-state index < -0.39 is 30.9 Å². The van der Waals surface area contributed by atoms with Crippen LogP contribution in [0.15, 0.2) is 76.7 Å². The molecular formula is C18H8Cl2O6S. The van der Waals surface area contributed by atoms with Gasteiger partial charge in [0.1, 0.15) is 11.2 Å². The number of benzene rings is 2. The first-order valence-corrected chi connectivity index (χ1v) is 9.71. The molecule has 9 heteroatoms. The largest absolute Gasteiger partial charge is 0.422 e. The second kappa shape index (κ2) is 6.23. The Hall–Kier alpha value is -2.61. The van der Waals surface area contributed by atoms with Gasteiger partial charge in [-0.2, -0.15) is 0 Å². The Bertz CT molecular complexity index is 1350. The fourth-order valence-corrected chi connectivity index (χ4v) is 4.33. The van der Waals surface area contributed by atoms with Gasteiger partial charge in [0.25, 0.3) is 0 Å². The second-order valence-electron chi connectivity index (χ2n) is 5.66. The van der Waals surface area contributed by atoms with Gasteiger partial charge in [-0.15, -0.1) is 0 Å². The lowest BCUT2D eigenvalue weighted by atomic mass is 10.2. The number of halogens is 2. The molecule has 0 aliphatic heterocycles. The molecule has 0 radical (unpaired) electrons. The Balaban J connectivity index is 2.01. The van der Waals surface area contributed by atoms with E-state index in [0.717, 1.165) is 12.1 Å². The van der Waals surface area contributed by atoms with E-state index in [1.165, 1.54) is 36.4 Å². The zero-order valence-electron chi connectivity index (χ0n) is 13.2. The van der Waals surface area contributed by atoms with Crippen LogP contribution in [0.2, 0.25) is 10.0 Å². The third-order valence-corrected chi connectivity index (χ3v) is 6.10. The average molecular weight is 423 g/mol. The SMILES string of the molecule is O=c1oc2ccc(Cl)cc2cc1S(=O)(=O)c1cc2cc(Cl)ccc2oc1=O. The predicted molar refractivity (Wildman–Crippen MR) is 100 cm³/mol. The molecule has 0 spiro atoms. The summed E-state index contributed by atoms with van der Waals surface area (Å²) in [5, 5.41) is 1.27. The molecule has 0 aliphatic rings. The molecule has 4 aromatic rings. The van der Waals surface area contributed by atoms with Gasteiger partial charge in [0.15, 0.2) is 9.79 Å². The number of rotatable bonds is 2. The van der Waals surface area contributed by atoms with Crippen molar-refractivity contribution in [1.82, 2.24) is 0 Å². The van der Waals surface area contributed by atoms with Gasteiger partial charge in [-0.3, -0.25) is 0 Å². The van der Waals surface area contributed by atoms with Crippen LogP contribution in [0.4, 0.5) is 0 Å². The van der Waals surface area contributed by atoms with E-state index >= 15 is 0 Å². The molecular weight excluding hydrogens is 415 g/mol. The van der Waals surface area contributed by atoms with E-state index in [9.17, 15) is 18.0 Å². The van der Waals surface area contributed by atoms with Gasteiger partial charge in [0, 0.05) is 20.8 Å². The molecule has 0 N–H and O–H groups in total. The summed E-state index contributed by atoms with van der Waals surface area (Å²) >= 11 is 11.8. The summed E-state index contributed by atoms with van der Waals surface area (Å²) in [4.78, 5) is 23.1. The van der Waals surface area contributed by atoms with Crippen molar-refractivity contribution in [2.75, 3.05) is 0 Å². The molecule has 0 fully saturated rings. The van der Waals surface area contributed by atoms with Crippen molar-refractivity contribution >= 4 is 55.0 Å². The van der Waals surface area contributed by atoms with Crippen molar-refractivity contribution < 1.29 is 17.3 Å². The molecule has 0 unspecified atom stereocenters. The monoisotopic (exact) mass is 422 g/mol. The molecule has 0 amide bonds. The summed E-state index contributed by atoms with van der Waals surface area (Å²) in [5.41, 5.74) is -1.87. The van der Waals surface area contributed by atoms with Crippen molar-refractivity contribution in [3.8, 4) is 0 Å². The maximum Gasteiger partial charge on any atom is 0.355 e. The van der Waals surface area contributed by atoms with Gasteiger partial charge >= 0.3 is 11.3 Å². The van der Waals surface area contributed by atoms with Crippen molar-refractivity contribution in [3.63, 3.8) is 0 Å². The Morgan fingerprint density at radius 1 is 0.667 bits per heavy atom. The molecule has 27 heavy (non-hydrogen) atoms. The van der Waals surface area contributed by atoms with E-state index in [1.54, 1.807) is 0 Å². The van der Waals surface area contributed by atoms with Crippen LogP contribution in [-0.2, 0) is 9.84 Å². The van der Waals surface area contributed by atoms with Gasteiger partial charge in [-0.05, 0) is 48.5 Å². The third-order valence-electron chi connectivity index (χ3n) is 3.90. The maximum absolute atomic E-state index is 12.9. The van der Waals surface area contributed by atoms with Crippen LogP contribution >= 0.6 is 23.2 Å². The minimum atomic E-state index is -4.51. The van der Waals surface area contributed by atoms with E-state index in [0.29, 0.717) is 20.8 Å². The highest BCUT2D eigenvalue weighted by atomic mass is 35.5. The molecule has 0 atom stereocenters. The van der Waals surface area contributed by atoms with Crippen LogP contribution in [0.5, 0.6) is 0 Å².